The molecular formula is C11H15NO3. The fraction of sp³-hybridized carbons (Fsp3) is 0.818. The van der Waals surface area contributed by atoms with Gasteiger partial charge in [0, 0.05) is 0 Å². The van der Waals surface area contributed by atoms with Gasteiger partial charge in [-0.05, 0) is 42.9 Å². The largest absolute Gasteiger partial charge is 0.481 e. The zero-order valence-corrected chi connectivity index (χ0v) is 8.48. The van der Waals surface area contributed by atoms with E-state index in [0.717, 1.165) is 25.7 Å². The van der Waals surface area contributed by atoms with Crippen LogP contribution >= 0.6 is 0 Å². The Balaban J connectivity index is 2.01. The minimum atomic E-state index is -0.822. The fourth-order valence-electron chi connectivity index (χ4n) is 4.37. The lowest BCUT2D eigenvalue weighted by Crippen LogP contribution is -2.38. The summed E-state index contributed by atoms with van der Waals surface area (Å²) in [6.07, 6.45) is 4.19. The molecule has 3 N–H and O–H groups in total. The van der Waals surface area contributed by atoms with E-state index in [1.807, 2.05) is 0 Å². The summed E-state index contributed by atoms with van der Waals surface area (Å²) in [5.74, 6) is -1.63. The smallest absolute Gasteiger partial charge is 0.307 e. The maximum absolute atomic E-state index is 11.4. The molecule has 4 atom stereocenters. The van der Waals surface area contributed by atoms with Gasteiger partial charge in [0.2, 0.25) is 5.91 Å². The molecule has 0 heterocycles. The number of carbonyl (C=O) groups excluding carboxylic acids is 1. The highest BCUT2D eigenvalue weighted by molar-refractivity contribution is 5.85. The van der Waals surface area contributed by atoms with Crippen molar-refractivity contribution in [3.8, 4) is 0 Å². The van der Waals surface area contributed by atoms with Crippen molar-refractivity contribution >= 4 is 11.9 Å². The van der Waals surface area contributed by atoms with Gasteiger partial charge >= 0.3 is 5.97 Å². The van der Waals surface area contributed by atoms with E-state index in [1.165, 1.54) is 0 Å². The molecule has 0 aliphatic heterocycles. The highest BCUT2D eigenvalue weighted by atomic mass is 16.4. The molecule has 0 aromatic rings. The molecule has 1 spiro atoms. The van der Waals surface area contributed by atoms with Crippen molar-refractivity contribution < 1.29 is 14.7 Å². The van der Waals surface area contributed by atoms with E-state index >= 15 is 0 Å². The van der Waals surface area contributed by atoms with Gasteiger partial charge in [-0.3, -0.25) is 9.59 Å². The molecule has 0 aromatic carbocycles. The molecule has 2 bridgehead atoms. The second kappa shape index (κ2) is 2.54. The number of rotatable bonds is 2. The SMILES string of the molecule is NC(=O)C1[C@H](C(=O)O)[C@H]2CC[C@@H]1C21CC1. The third-order valence-corrected chi connectivity index (χ3v) is 4.96. The molecule has 3 fully saturated rings. The number of aliphatic carboxylic acids is 1. The van der Waals surface area contributed by atoms with E-state index in [0.29, 0.717) is 0 Å². The van der Waals surface area contributed by atoms with E-state index in [2.05, 4.69) is 0 Å². The third-order valence-electron chi connectivity index (χ3n) is 4.96. The van der Waals surface area contributed by atoms with Gasteiger partial charge in [-0.25, -0.2) is 0 Å². The fourth-order valence-corrected chi connectivity index (χ4v) is 4.37. The number of hydrogen-bond donors (Lipinski definition) is 2. The Morgan fingerprint density at radius 3 is 2.00 bits per heavy atom. The molecule has 3 aliphatic rings. The van der Waals surface area contributed by atoms with Crippen LogP contribution in [-0.2, 0) is 9.59 Å². The van der Waals surface area contributed by atoms with Gasteiger partial charge in [-0.1, -0.05) is 0 Å². The maximum atomic E-state index is 11.4. The Morgan fingerprint density at radius 1 is 1.13 bits per heavy atom. The first kappa shape index (κ1) is 9.19. The van der Waals surface area contributed by atoms with Crippen LogP contribution in [0.5, 0.6) is 0 Å². The van der Waals surface area contributed by atoms with Crippen LogP contribution in [0.15, 0.2) is 0 Å². The summed E-state index contributed by atoms with van der Waals surface area (Å²) >= 11 is 0. The van der Waals surface area contributed by atoms with Gasteiger partial charge in [0.15, 0.2) is 0 Å². The summed E-state index contributed by atoms with van der Waals surface area (Å²) in [7, 11) is 0. The molecular weight excluding hydrogens is 194 g/mol. The van der Waals surface area contributed by atoms with Crippen LogP contribution in [0.3, 0.4) is 0 Å². The summed E-state index contributed by atoms with van der Waals surface area (Å²) < 4.78 is 0. The lowest BCUT2D eigenvalue weighted by molar-refractivity contribution is -0.148. The Kier molecular flexibility index (Phi) is 1.56. The summed E-state index contributed by atoms with van der Waals surface area (Å²) in [6.45, 7) is 0. The molecule has 0 saturated heterocycles. The molecule has 3 rings (SSSR count). The molecule has 4 heteroatoms. The minimum absolute atomic E-state index is 0.197. The number of primary amides is 1. The van der Waals surface area contributed by atoms with Crippen molar-refractivity contribution in [2.24, 2.45) is 34.8 Å². The number of hydrogen-bond acceptors (Lipinski definition) is 2. The zero-order valence-electron chi connectivity index (χ0n) is 8.48. The van der Waals surface area contributed by atoms with Crippen molar-refractivity contribution in [1.29, 1.82) is 0 Å². The summed E-state index contributed by atoms with van der Waals surface area (Å²) in [4.78, 5) is 22.6. The molecule has 82 valence electrons. The van der Waals surface area contributed by atoms with Crippen LogP contribution in [-0.4, -0.2) is 17.0 Å². The van der Waals surface area contributed by atoms with Crippen LogP contribution in [0.1, 0.15) is 25.7 Å². The number of amides is 1. The average Bonchev–Trinajstić information content (AvgIpc) is 2.81. The van der Waals surface area contributed by atoms with E-state index < -0.39 is 23.7 Å². The maximum Gasteiger partial charge on any atom is 0.307 e. The summed E-state index contributed by atoms with van der Waals surface area (Å²) in [6, 6.07) is 0. The standard InChI is InChI=1S/C11H15NO3/c12-9(13)7-5-1-2-6(8(7)10(14)15)11(5)3-4-11/h5-8H,1-4H2,(H2,12,13)(H,14,15)/t5-,6+,7?,8+/m0/s1. The summed E-state index contributed by atoms with van der Waals surface area (Å²) in [5.41, 5.74) is 5.56. The van der Waals surface area contributed by atoms with Crippen LogP contribution < -0.4 is 5.73 Å². The van der Waals surface area contributed by atoms with Crippen molar-refractivity contribution in [1.82, 2.24) is 0 Å². The van der Waals surface area contributed by atoms with Gasteiger partial charge < -0.3 is 10.8 Å². The van der Waals surface area contributed by atoms with Gasteiger partial charge in [0.1, 0.15) is 0 Å². The molecule has 3 saturated carbocycles. The molecule has 0 aromatic heterocycles. The highest BCUT2D eigenvalue weighted by Gasteiger charge is 2.71. The van der Waals surface area contributed by atoms with Crippen molar-refractivity contribution in [2.45, 2.75) is 25.7 Å². The first-order valence-electron chi connectivity index (χ1n) is 5.60. The van der Waals surface area contributed by atoms with Crippen LogP contribution in [0, 0.1) is 29.1 Å². The average molecular weight is 209 g/mol. The predicted octanol–water partition coefficient (Wildman–Crippen LogP) is 0.609. The van der Waals surface area contributed by atoms with Crippen LogP contribution in [0.2, 0.25) is 0 Å². The van der Waals surface area contributed by atoms with E-state index in [4.69, 9.17) is 5.73 Å². The molecule has 3 aliphatic carbocycles. The first-order chi connectivity index (χ1) is 7.08. The van der Waals surface area contributed by atoms with Gasteiger partial charge in [0.25, 0.3) is 0 Å². The lowest BCUT2D eigenvalue weighted by atomic mass is 9.79. The number of nitrogens with two attached hydrogens (primary N) is 1. The quantitative estimate of drug-likeness (QED) is 0.699. The zero-order chi connectivity index (χ0) is 10.8. The van der Waals surface area contributed by atoms with E-state index in [9.17, 15) is 14.7 Å². The molecule has 1 unspecified atom stereocenters. The Bertz CT molecular complexity index is 318. The molecule has 4 nitrogen and oxygen atoms in total. The van der Waals surface area contributed by atoms with Crippen molar-refractivity contribution in [3.63, 3.8) is 0 Å². The number of carboxylic acid groups (broad SMARTS) is 1. The first-order valence-corrected chi connectivity index (χ1v) is 5.60. The predicted molar refractivity (Wildman–Crippen MR) is 51.7 cm³/mol. The van der Waals surface area contributed by atoms with Crippen LogP contribution in [0.25, 0.3) is 0 Å². The number of carbonyl (C=O) groups is 2. The highest BCUT2D eigenvalue weighted by Crippen LogP contribution is 2.74. The van der Waals surface area contributed by atoms with Gasteiger partial charge in [-0.15, -0.1) is 0 Å². The Morgan fingerprint density at radius 2 is 1.67 bits per heavy atom. The Hall–Kier alpha value is -1.06. The summed E-state index contributed by atoms with van der Waals surface area (Å²) in [5, 5.41) is 9.21. The molecule has 0 radical (unpaired) electrons. The van der Waals surface area contributed by atoms with E-state index in [1.54, 1.807) is 0 Å². The number of carboxylic acids is 1. The molecule has 1 amide bonds. The van der Waals surface area contributed by atoms with E-state index in [-0.39, 0.29) is 17.3 Å². The monoisotopic (exact) mass is 209 g/mol. The third kappa shape index (κ3) is 0.924. The topological polar surface area (TPSA) is 80.4 Å². The Labute approximate surface area is 87.8 Å². The van der Waals surface area contributed by atoms with Crippen molar-refractivity contribution in [3.05, 3.63) is 0 Å². The van der Waals surface area contributed by atoms with Gasteiger partial charge in [0.05, 0.1) is 11.8 Å². The van der Waals surface area contributed by atoms with Crippen LogP contribution in [0.4, 0.5) is 0 Å². The van der Waals surface area contributed by atoms with Gasteiger partial charge in [-0.2, -0.15) is 0 Å². The van der Waals surface area contributed by atoms with Crippen molar-refractivity contribution in [2.75, 3.05) is 0 Å². The normalized spacial score (nSPS) is 44.5. The minimum Gasteiger partial charge on any atom is -0.481 e. The molecule has 15 heavy (non-hydrogen) atoms. The lowest BCUT2D eigenvalue weighted by Gasteiger charge is -2.24. The second-order valence-electron chi connectivity index (χ2n) is 5.32. The second-order valence-corrected chi connectivity index (χ2v) is 5.32.